The molecule has 16 heavy (non-hydrogen) atoms. The minimum Gasteiger partial charge on any atom is -0.478 e. The molecule has 0 bridgehead atoms. The summed E-state index contributed by atoms with van der Waals surface area (Å²) in [4.78, 5) is 10.4. The first kappa shape index (κ1) is 12.0. The molecular formula is C14H14O2. The minimum atomic E-state index is -0.863. The van der Waals surface area contributed by atoms with Crippen molar-refractivity contribution < 1.29 is 9.90 Å². The van der Waals surface area contributed by atoms with Crippen LogP contribution in [0.3, 0.4) is 0 Å². The number of carboxylic acid groups (broad SMARTS) is 1. The van der Waals surface area contributed by atoms with Gasteiger partial charge in [-0.2, -0.15) is 0 Å². The molecule has 0 saturated carbocycles. The summed E-state index contributed by atoms with van der Waals surface area (Å²) >= 11 is 0. The summed E-state index contributed by atoms with van der Waals surface area (Å²) in [7, 11) is 0. The van der Waals surface area contributed by atoms with Crippen molar-refractivity contribution in [2.24, 2.45) is 0 Å². The van der Waals surface area contributed by atoms with E-state index in [1.54, 1.807) is 25.1 Å². The van der Waals surface area contributed by atoms with E-state index in [4.69, 9.17) is 5.11 Å². The molecule has 0 fully saturated rings. The second kappa shape index (κ2) is 6.40. The minimum absolute atomic E-state index is 0.377. The van der Waals surface area contributed by atoms with Crippen molar-refractivity contribution in [3.63, 3.8) is 0 Å². The van der Waals surface area contributed by atoms with Crippen LogP contribution < -0.4 is 0 Å². The van der Waals surface area contributed by atoms with E-state index in [-0.39, 0.29) is 0 Å². The number of aryl methyl sites for hydroxylation is 1. The summed E-state index contributed by atoms with van der Waals surface area (Å²) in [5.41, 5.74) is 1.18. The van der Waals surface area contributed by atoms with Gasteiger partial charge < -0.3 is 5.11 Å². The summed E-state index contributed by atoms with van der Waals surface area (Å²) in [5.74, 6) is -0.863. The number of rotatable bonds is 1. The third-order valence-corrected chi connectivity index (χ3v) is 2.04. The van der Waals surface area contributed by atoms with Gasteiger partial charge in [0.15, 0.2) is 0 Å². The lowest BCUT2D eigenvalue weighted by Crippen LogP contribution is -1.97. The lowest BCUT2D eigenvalue weighted by Gasteiger charge is -1.96. The molecular weight excluding hydrogens is 200 g/mol. The first-order valence-electron chi connectivity index (χ1n) is 5.01. The maximum Gasteiger partial charge on any atom is 0.335 e. The van der Waals surface area contributed by atoms with Crippen molar-refractivity contribution in [1.29, 1.82) is 0 Å². The normalized spacial score (nSPS) is 8.81. The number of carboxylic acids is 1. The zero-order valence-corrected chi connectivity index (χ0v) is 9.13. The lowest BCUT2D eigenvalue weighted by atomic mass is 10.1. The molecule has 0 amide bonds. The lowest BCUT2D eigenvalue weighted by molar-refractivity contribution is 0.0696. The van der Waals surface area contributed by atoms with Crippen molar-refractivity contribution in [2.45, 2.75) is 6.92 Å². The van der Waals surface area contributed by atoms with Gasteiger partial charge in [0.2, 0.25) is 0 Å². The monoisotopic (exact) mass is 214 g/mol. The van der Waals surface area contributed by atoms with E-state index >= 15 is 0 Å². The first-order chi connectivity index (χ1) is 7.72. The van der Waals surface area contributed by atoms with Crippen LogP contribution in [0.4, 0.5) is 0 Å². The Balaban J connectivity index is 0.000000181. The summed E-state index contributed by atoms with van der Waals surface area (Å²) in [6.45, 7) is 1.78. The van der Waals surface area contributed by atoms with Crippen LogP contribution in [0.5, 0.6) is 0 Å². The van der Waals surface area contributed by atoms with Crippen LogP contribution >= 0.6 is 0 Å². The maximum absolute atomic E-state index is 10.4. The van der Waals surface area contributed by atoms with Gasteiger partial charge >= 0.3 is 5.97 Å². The van der Waals surface area contributed by atoms with Crippen LogP contribution in [-0.2, 0) is 0 Å². The fourth-order valence-corrected chi connectivity index (χ4v) is 1.20. The predicted octanol–water partition coefficient (Wildman–Crippen LogP) is 3.38. The number of carbonyl (C=O) groups is 1. The molecule has 2 rings (SSSR count). The van der Waals surface area contributed by atoms with E-state index in [1.807, 2.05) is 42.5 Å². The summed E-state index contributed by atoms with van der Waals surface area (Å²) < 4.78 is 0. The fourth-order valence-electron chi connectivity index (χ4n) is 1.20. The molecule has 2 nitrogen and oxygen atoms in total. The van der Waals surface area contributed by atoms with E-state index in [0.29, 0.717) is 5.56 Å². The molecule has 2 heteroatoms. The van der Waals surface area contributed by atoms with Gasteiger partial charge in [-0.3, -0.25) is 0 Å². The predicted molar refractivity (Wildman–Crippen MR) is 64.6 cm³/mol. The quantitative estimate of drug-likeness (QED) is 0.790. The smallest absolute Gasteiger partial charge is 0.335 e. The number of hydrogen-bond donors (Lipinski definition) is 1. The highest BCUT2D eigenvalue weighted by Gasteiger charge is 2.02. The molecule has 0 aliphatic carbocycles. The number of hydrogen-bond acceptors (Lipinski definition) is 1. The van der Waals surface area contributed by atoms with Gasteiger partial charge in [-0.05, 0) is 18.6 Å². The molecule has 0 atom stereocenters. The third kappa shape index (κ3) is 3.96. The number of aromatic carboxylic acids is 1. The van der Waals surface area contributed by atoms with Gasteiger partial charge in [0.1, 0.15) is 0 Å². The van der Waals surface area contributed by atoms with Crippen molar-refractivity contribution in [2.75, 3.05) is 0 Å². The molecule has 2 aromatic rings. The van der Waals surface area contributed by atoms with Crippen molar-refractivity contribution in [3.05, 3.63) is 71.8 Å². The molecule has 82 valence electrons. The highest BCUT2D eigenvalue weighted by atomic mass is 16.4. The van der Waals surface area contributed by atoms with Crippen LogP contribution in [-0.4, -0.2) is 11.1 Å². The zero-order valence-electron chi connectivity index (χ0n) is 9.13. The standard InChI is InChI=1S/C8H8O2.C6H6/c1-6-4-2-3-5-7(6)8(9)10;1-2-4-6-5-3-1/h2-5H,1H3,(H,9,10);1-6H. The topological polar surface area (TPSA) is 37.3 Å². The Kier molecular flexibility index (Phi) is 4.80. The SMILES string of the molecule is Cc1ccccc1C(=O)O.c1ccccc1. The summed E-state index contributed by atoms with van der Waals surface area (Å²) in [6.07, 6.45) is 0. The highest BCUT2D eigenvalue weighted by molar-refractivity contribution is 5.89. The van der Waals surface area contributed by atoms with Crippen LogP contribution in [0.2, 0.25) is 0 Å². The van der Waals surface area contributed by atoms with Gasteiger partial charge in [0.05, 0.1) is 5.56 Å². The largest absolute Gasteiger partial charge is 0.478 e. The average molecular weight is 214 g/mol. The summed E-state index contributed by atoms with van der Waals surface area (Å²) in [5, 5.41) is 8.57. The maximum atomic E-state index is 10.4. The van der Waals surface area contributed by atoms with Crippen LogP contribution in [0.25, 0.3) is 0 Å². The Morgan fingerprint density at radius 1 is 0.875 bits per heavy atom. The second-order valence-electron chi connectivity index (χ2n) is 3.27. The molecule has 0 aromatic heterocycles. The van der Waals surface area contributed by atoms with E-state index in [1.165, 1.54) is 0 Å². The molecule has 0 aliphatic heterocycles. The van der Waals surface area contributed by atoms with Crippen molar-refractivity contribution in [3.8, 4) is 0 Å². The second-order valence-corrected chi connectivity index (χ2v) is 3.27. The van der Waals surface area contributed by atoms with Crippen LogP contribution in [0.1, 0.15) is 15.9 Å². The first-order valence-corrected chi connectivity index (χ1v) is 5.01. The molecule has 1 N–H and O–H groups in total. The Morgan fingerprint density at radius 3 is 1.62 bits per heavy atom. The van der Waals surface area contributed by atoms with Gasteiger partial charge in [0.25, 0.3) is 0 Å². The van der Waals surface area contributed by atoms with Crippen molar-refractivity contribution in [1.82, 2.24) is 0 Å². The summed E-state index contributed by atoms with van der Waals surface area (Å²) in [6, 6.07) is 18.9. The van der Waals surface area contributed by atoms with Crippen LogP contribution in [0.15, 0.2) is 60.7 Å². The van der Waals surface area contributed by atoms with E-state index in [0.717, 1.165) is 5.56 Å². The molecule has 0 saturated heterocycles. The fraction of sp³-hybridized carbons (Fsp3) is 0.0714. The molecule has 2 aromatic carbocycles. The van der Waals surface area contributed by atoms with Gasteiger partial charge in [-0.1, -0.05) is 54.6 Å². The highest BCUT2D eigenvalue weighted by Crippen LogP contribution is 2.05. The van der Waals surface area contributed by atoms with Crippen molar-refractivity contribution >= 4 is 5.97 Å². The van der Waals surface area contributed by atoms with Gasteiger partial charge in [-0.15, -0.1) is 0 Å². The molecule has 0 spiro atoms. The molecule has 0 aliphatic rings. The Morgan fingerprint density at radius 2 is 1.31 bits per heavy atom. The van der Waals surface area contributed by atoms with Gasteiger partial charge in [0, 0.05) is 0 Å². The zero-order chi connectivity index (χ0) is 11.8. The third-order valence-electron chi connectivity index (χ3n) is 2.04. The average Bonchev–Trinajstić information content (AvgIpc) is 2.32. The molecule has 0 radical (unpaired) electrons. The Hall–Kier alpha value is -2.09. The number of benzene rings is 2. The van der Waals surface area contributed by atoms with Gasteiger partial charge in [-0.25, -0.2) is 4.79 Å². The van der Waals surface area contributed by atoms with E-state index in [9.17, 15) is 4.79 Å². The van der Waals surface area contributed by atoms with E-state index in [2.05, 4.69) is 0 Å². The Bertz CT molecular complexity index is 409. The van der Waals surface area contributed by atoms with Crippen LogP contribution in [0, 0.1) is 6.92 Å². The van der Waals surface area contributed by atoms with E-state index < -0.39 is 5.97 Å². The molecule has 0 heterocycles. The molecule has 0 unspecified atom stereocenters. The Labute approximate surface area is 95.2 Å².